The average Bonchev–Trinajstić information content (AvgIpc) is 3.29. The molecule has 3 aromatic carbocycles. The Bertz CT molecular complexity index is 1610. The van der Waals surface area contributed by atoms with Crippen LogP contribution >= 0.6 is 0 Å². The summed E-state index contributed by atoms with van der Waals surface area (Å²) in [6, 6.07) is 24.4. The molecule has 0 aliphatic heterocycles. The van der Waals surface area contributed by atoms with Crippen molar-refractivity contribution in [2.45, 2.75) is 31.1 Å². The van der Waals surface area contributed by atoms with E-state index in [2.05, 4.69) is 25.5 Å². The van der Waals surface area contributed by atoms with Gasteiger partial charge in [-0.25, -0.2) is 0 Å². The summed E-state index contributed by atoms with van der Waals surface area (Å²) >= 11 is 0. The van der Waals surface area contributed by atoms with Crippen LogP contribution < -0.4 is 10.1 Å². The first-order valence-electron chi connectivity index (χ1n) is 12.0. The van der Waals surface area contributed by atoms with Crippen LogP contribution in [0.2, 0.25) is 0 Å². The number of amides is 1. The van der Waals surface area contributed by atoms with Gasteiger partial charge in [-0.2, -0.15) is 28.6 Å². The predicted octanol–water partition coefficient (Wildman–Crippen LogP) is 6.27. The quantitative estimate of drug-likeness (QED) is 0.217. The van der Waals surface area contributed by atoms with Crippen molar-refractivity contribution < 1.29 is 17.6 Å². The second-order valence-electron chi connectivity index (χ2n) is 8.71. The number of azo groups is 1. The van der Waals surface area contributed by atoms with Gasteiger partial charge in [0.15, 0.2) is 5.76 Å². The SMILES string of the molecule is Cc1c(C(=O)Nc2ccc(N=Nc3ccccc3)cc2)oc2c1C(=NNS(=O)(=O)c1ccccc1)CCC2. The zero-order valence-corrected chi connectivity index (χ0v) is 21.4. The van der Waals surface area contributed by atoms with E-state index < -0.39 is 15.9 Å². The highest BCUT2D eigenvalue weighted by molar-refractivity contribution is 7.89. The van der Waals surface area contributed by atoms with Gasteiger partial charge in [-0.15, -0.1) is 0 Å². The number of sulfonamides is 1. The van der Waals surface area contributed by atoms with Crippen molar-refractivity contribution in [2.75, 3.05) is 5.32 Å². The molecule has 192 valence electrons. The van der Waals surface area contributed by atoms with Crippen LogP contribution in [-0.2, 0) is 16.4 Å². The number of benzene rings is 3. The Balaban J connectivity index is 1.31. The molecule has 0 spiro atoms. The minimum Gasteiger partial charge on any atom is -0.455 e. The molecule has 0 atom stereocenters. The average molecular weight is 528 g/mol. The lowest BCUT2D eigenvalue weighted by atomic mass is 9.93. The van der Waals surface area contributed by atoms with Gasteiger partial charge in [0.1, 0.15) is 5.76 Å². The molecule has 1 aromatic heterocycles. The number of aryl methyl sites for hydroxylation is 1. The zero-order valence-electron chi connectivity index (χ0n) is 20.6. The number of carbonyl (C=O) groups excluding carboxylic acids is 1. The molecule has 9 nitrogen and oxygen atoms in total. The summed E-state index contributed by atoms with van der Waals surface area (Å²) < 4.78 is 31.1. The zero-order chi connectivity index (χ0) is 26.5. The third kappa shape index (κ3) is 5.55. The molecule has 0 unspecified atom stereocenters. The summed E-state index contributed by atoms with van der Waals surface area (Å²) in [5.41, 5.74) is 3.80. The molecule has 0 radical (unpaired) electrons. The van der Waals surface area contributed by atoms with E-state index in [1.165, 1.54) is 12.1 Å². The molecule has 5 rings (SSSR count). The number of hydrazone groups is 1. The monoisotopic (exact) mass is 527 g/mol. The van der Waals surface area contributed by atoms with Crippen molar-refractivity contribution in [1.29, 1.82) is 0 Å². The number of fused-ring (bicyclic) bond motifs is 1. The van der Waals surface area contributed by atoms with Crippen LogP contribution in [-0.4, -0.2) is 20.0 Å². The van der Waals surface area contributed by atoms with Gasteiger partial charge < -0.3 is 9.73 Å². The Morgan fingerprint density at radius 3 is 2.16 bits per heavy atom. The summed E-state index contributed by atoms with van der Waals surface area (Å²) in [5, 5.41) is 15.4. The van der Waals surface area contributed by atoms with E-state index in [9.17, 15) is 13.2 Å². The summed E-state index contributed by atoms with van der Waals surface area (Å²) in [6.07, 6.45) is 1.92. The number of hydrogen-bond acceptors (Lipinski definition) is 7. The fraction of sp³-hybridized carbons (Fsp3) is 0.143. The van der Waals surface area contributed by atoms with E-state index in [1.54, 1.807) is 49.4 Å². The highest BCUT2D eigenvalue weighted by Crippen LogP contribution is 2.31. The highest BCUT2D eigenvalue weighted by Gasteiger charge is 2.28. The minimum atomic E-state index is -3.81. The van der Waals surface area contributed by atoms with Crippen molar-refractivity contribution in [3.8, 4) is 0 Å². The van der Waals surface area contributed by atoms with Crippen LogP contribution in [0.3, 0.4) is 0 Å². The second-order valence-corrected chi connectivity index (χ2v) is 10.4. The Hall–Kier alpha value is -4.57. The first-order valence-corrected chi connectivity index (χ1v) is 13.5. The standard InChI is InChI=1S/C28H25N5O4S/c1-19-26-24(32-33-38(35,36)23-11-6-3-7-12-23)13-8-14-25(26)37-27(19)28(34)29-20-15-17-22(18-16-20)31-30-21-9-4-2-5-10-21/h2-7,9-12,15-18,33H,8,13-14H2,1H3,(H,29,34). The molecule has 1 aliphatic rings. The third-order valence-electron chi connectivity index (χ3n) is 6.05. The van der Waals surface area contributed by atoms with Gasteiger partial charge in [0, 0.05) is 23.2 Å². The largest absolute Gasteiger partial charge is 0.455 e. The van der Waals surface area contributed by atoms with E-state index in [-0.39, 0.29) is 10.7 Å². The van der Waals surface area contributed by atoms with Crippen LogP contribution in [0.1, 0.15) is 40.3 Å². The molecule has 1 aliphatic carbocycles. The first-order chi connectivity index (χ1) is 18.4. The molecule has 10 heteroatoms. The summed E-state index contributed by atoms with van der Waals surface area (Å²) in [7, 11) is -3.81. The summed E-state index contributed by atoms with van der Waals surface area (Å²) in [4.78, 5) is 15.5. The number of furan rings is 1. The predicted molar refractivity (Wildman–Crippen MR) is 145 cm³/mol. The Morgan fingerprint density at radius 1 is 0.842 bits per heavy atom. The number of nitrogens with one attached hydrogen (secondary N) is 2. The molecule has 1 amide bonds. The second kappa shape index (κ2) is 10.8. The van der Waals surface area contributed by atoms with E-state index in [1.807, 2.05) is 30.3 Å². The summed E-state index contributed by atoms with van der Waals surface area (Å²) in [5.74, 6) is 0.386. The van der Waals surface area contributed by atoms with Gasteiger partial charge in [0.05, 0.1) is 22.0 Å². The fourth-order valence-electron chi connectivity index (χ4n) is 4.17. The lowest BCUT2D eigenvalue weighted by Crippen LogP contribution is -2.22. The van der Waals surface area contributed by atoms with Crippen molar-refractivity contribution in [1.82, 2.24) is 4.83 Å². The molecular weight excluding hydrogens is 502 g/mol. The van der Waals surface area contributed by atoms with Gasteiger partial charge in [-0.3, -0.25) is 4.79 Å². The van der Waals surface area contributed by atoms with Crippen molar-refractivity contribution >= 4 is 38.7 Å². The van der Waals surface area contributed by atoms with Gasteiger partial charge in [-0.1, -0.05) is 36.4 Å². The lowest BCUT2D eigenvalue weighted by molar-refractivity contribution is 0.0994. The number of carbonyl (C=O) groups is 1. The van der Waals surface area contributed by atoms with Crippen molar-refractivity contribution in [3.63, 3.8) is 0 Å². The number of anilines is 1. The third-order valence-corrected chi connectivity index (χ3v) is 7.27. The Morgan fingerprint density at radius 2 is 1.47 bits per heavy atom. The summed E-state index contributed by atoms with van der Waals surface area (Å²) in [6.45, 7) is 1.77. The molecule has 0 fully saturated rings. The van der Waals surface area contributed by atoms with E-state index in [4.69, 9.17) is 4.42 Å². The minimum absolute atomic E-state index is 0.122. The fourth-order valence-corrected chi connectivity index (χ4v) is 5.02. The molecule has 2 N–H and O–H groups in total. The molecular formula is C28H25N5O4S. The van der Waals surface area contributed by atoms with Crippen molar-refractivity contribution in [3.05, 3.63) is 108 Å². The molecule has 0 saturated carbocycles. The van der Waals surface area contributed by atoms with Gasteiger partial charge >= 0.3 is 0 Å². The number of rotatable bonds is 7. The molecule has 4 aromatic rings. The Kier molecular flexibility index (Phi) is 7.14. The lowest BCUT2D eigenvalue weighted by Gasteiger charge is -2.14. The maximum Gasteiger partial charge on any atom is 0.291 e. The van der Waals surface area contributed by atoms with Crippen LogP contribution in [0.25, 0.3) is 0 Å². The maximum absolute atomic E-state index is 13.1. The van der Waals surface area contributed by atoms with Gasteiger partial charge in [0.2, 0.25) is 0 Å². The van der Waals surface area contributed by atoms with E-state index in [0.717, 1.165) is 12.1 Å². The molecule has 0 bridgehead atoms. The molecule has 1 heterocycles. The normalized spacial score (nSPS) is 14.4. The topological polar surface area (TPSA) is 125 Å². The van der Waals surface area contributed by atoms with Crippen molar-refractivity contribution in [2.24, 2.45) is 15.3 Å². The van der Waals surface area contributed by atoms with Crippen LogP contribution in [0.5, 0.6) is 0 Å². The smallest absolute Gasteiger partial charge is 0.291 e. The number of nitrogens with zero attached hydrogens (tertiary/aromatic N) is 3. The van der Waals surface area contributed by atoms with E-state index in [0.29, 0.717) is 46.8 Å². The molecule has 38 heavy (non-hydrogen) atoms. The molecule has 0 saturated heterocycles. The van der Waals surface area contributed by atoms with Crippen LogP contribution in [0.4, 0.5) is 17.1 Å². The van der Waals surface area contributed by atoms with Crippen LogP contribution in [0.15, 0.2) is 110 Å². The maximum atomic E-state index is 13.1. The Labute approximate surface area is 220 Å². The van der Waals surface area contributed by atoms with Gasteiger partial charge in [0.25, 0.3) is 15.9 Å². The first kappa shape index (κ1) is 25.1. The highest BCUT2D eigenvalue weighted by atomic mass is 32.2. The van der Waals surface area contributed by atoms with Crippen LogP contribution in [0, 0.1) is 6.92 Å². The number of hydrogen-bond donors (Lipinski definition) is 2. The van der Waals surface area contributed by atoms with Gasteiger partial charge in [-0.05, 0) is 68.3 Å². The van der Waals surface area contributed by atoms with E-state index >= 15 is 0 Å².